The van der Waals surface area contributed by atoms with Gasteiger partial charge in [0.25, 0.3) is 0 Å². The second kappa shape index (κ2) is 19.0. The molecule has 0 N–H and O–H groups in total. The van der Waals surface area contributed by atoms with Gasteiger partial charge in [0, 0.05) is 43.1 Å². The molecule has 0 fully saturated rings. The molecule has 0 saturated carbocycles. The maximum Gasteiger partial charge on any atom is 0.169 e. The molecule has 0 spiro atoms. The minimum Gasteiger partial charge on any atom is -0.748 e. The summed E-state index contributed by atoms with van der Waals surface area (Å²) < 4.78 is 34.2. The largest absolute Gasteiger partial charge is 0.748 e. The normalized spacial score (nSPS) is 11.9. The zero-order valence-electron chi connectivity index (χ0n) is 23.8. The van der Waals surface area contributed by atoms with Crippen LogP contribution in [0.25, 0.3) is 12.2 Å². The predicted octanol–water partition coefficient (Wildman–Crippen LogP) is 7.61. The summed E-state index contributed by atoms with van der Waals surface area (Å²) >= 11 is 0. The lowest BCUT2D eigenvalue weighted by molar-refractivity contribution is -0.696. The summed E-state index contributed by atoms with van der Waals surface area (Å²) in [6.45, 7) is 7.34. The third-order valence-corrected chi connectivity index (χ3v) is 7.81. The van der Waals surface area contributed by atoms with E-state index in [0.29, 0.717) is 13.0 Å². The van der Waals surface area contributed by atoms with Crippen LogP contribution in [0, 0.1) is 0 Å². The monoisotopic (exact) mass is 542 g/mol. The number of aryl methyl sites for hydroxylation is 1. The van der Waals surface area contributed by atoms with Gasteiger partial charge < -0.3 is 9.45 Å². The average molecular weight is 543 g/mol. The number of hydrogen-bond donors (Lipinski definition) is 0. The van der Waals surface area contributed by atoms with E-state index in [1.165, 1.54) is 88.3 Å². The highest BCUT2D eigenvalue weighted by Gasteiger charge is 2.07. The van der Waals surface area contributed by atoms with Crippen molar-refractivity contribution in [2.45, 2.75) is 104 Å². The van der Waals surface area contributed by atoms with Crippen LogP contribution < -0.4 is 9.47 Å². The van der Waals surface area contributed by atoms with E-state index in [4.69, 9.17) is 0 Å². The minimum atomic E-state index is -4.15. The molecule has 2 aromatic rings. The van der Waals surface area contributed by atoms with Gasteiger partial charge in [0.1, 0.15) is 6.54 Å². The highest BCUT2D eigenvalue weighted by molar-refractivity contribution is 7.85. The molecular formula is C32H50N2O3S. The number of nitrogens with zero attached hydrogens (tertiary/aromatic N) is 2. The summed E-state index contributed by atoms with van der Waals surface area (Å²) in [4.78, 5) is 2.58. The summed E-state index contributed by atoms with van der Waals surface area (Å²) in [5.74, 6) is -0.326. The van der Waals surface area contributed by atoms with E-state index in [-0.39, 0.29) is 5.75 Å². The number of unbranched alkanes of at least 4 members (excludes halogenated alkanes) is 10. The maximum absolute atomic E-state index is 10.8. The molecule has 212 valence electrons. The maximum atomic E-state index is 10.8. The SMILES string of the molecule is CCCCCCCCN(CCCCCCCC)c1ccc(/C=C/c2cc[n+](CCCS(=O)(=O)[O-])cc2)cc1. The average Bonchev–Trinajstić information content (AvgIpc) is 2.90. The van der Waals surface area contributed by atoms with Gasteiger partial charge in [-0.1, -0.05) is 102 Å². The van der Waals surface area contributed by atoms with Crippen molar-refractivity contribution in [3.05, 3.63) is 59.9 Å². The van der Waals surface area contributed by atoms with Gasteiger partial charge >= 0.3 is 0 Å². The minimum absolute atomic E-state index is 0.326. The van der Waals surface area contributed by atoms with Crippen LogP contribution in [0.2, 0.25) is 0 Å². The third-order valence-electron chi connectivity index (χ3n) is 7.02. The molecule has 0 radical (unpaired) electrons. The van der Waals surface area contributed by atoms with E-state index >= 15 is 0 Å². The van der Waals surface area contributed by atoms with Crippen LogP contribution in [0.3, 0.4) is 0 Å². The highest BCUT2D eigenvalue weighted by Crippen LogP contribution is 2.19. The summed E-state index contributed by atoms with van der Waals surface area (Å²) in [6.07, 6.45) is 24.3. The first-order valence-corrected chi connectivity index (χ1v) is 16.4. The smallest absolute Gasteiger partial charge is 0.169 e. The Morgan fingerprint density at radius 1 is 0.684 bits per heavy atom. The number of aromatic nitrogens is 1. The first-order valence-electron chi connectivity index (χ1n) is 14.9. The molecule has 2 rings (SSSR count). The Morgan fingerprint density at radius 2 is 1.16 bits per heavy atom. The van der Waals surface area contributed by atoms with Gasteiger partial charge in [-0.15, -0.1) is 0 Å². The summed E-state index contributed by atoms with van der Waals surface area (Å²) in [5.41, 5.74) is 3.57. The zero-order valence-corrected chi connectivity index (χ0v) is 24.6. The molecule has 0 saturated heterocycles. The molecule has 1 aromatic heterocycles. The van der Waals surface area contributed by atoms with Gasteiger partial charge in [-0.25, -0.2) is 13.0 Å². The Morgan fingerprint density at radius 3 is 1.66 bits per heavy atom. The quantitative estimate of drug-likeness (QED) is 0.0925. The molecule has 0 bridgehead atoms. The molecule has 5 nitrogen and oxygen atoms in total. The first-order chi connectivity index (χ1) is 18.4. The Kier molecular flexibility index (Phi) is 16.0. The van der Waals surface area contributed by atoms with Crippen LogP contribution in [-0.2, 0) is 16.7 Å². The molecule has 0 aliphatic carbocycles. The van der Waals surface area contributed by atoms with Gasteiger partial charge in [0.15, 0.2) is 12.4 Å². The molecule has 0 aliphatic rings. The summed E-state index contributed by atoms with van der Waals surface area (Å²) in [7, 11) is -4.15. The topological polar surface area (TPSA) is 64.3 Å². The second-order valence-electron chi connectivity index (χ2n) is 10.4. The first kappa shape index (κ1) is 32.0. The Bertz CT molecular complexity index is 986. The Labute approximate surface area is 232 Å². The molecule has 38 heavy (non-hydrogen) atoms. The van der Waals surface area contributed by atoms with Crippen LogP contribution in [-0.4, -0.2) is 31.8 Å². The van der Waals surface area contributed by atoms with E-state index in [1.807, 2.05) is 29.1 Å². The fourth-order valence-electron chi connectivity index (χ4n) is 4.68. The van der Waals surface area contributed by atoms with Gasteiger partial charge in [0.05, 0.1) is 10.1 Å². The lowest BCUT2D eigenvalue weighted by atomic mass is 10.1. The van der Waals surface area contributed by atoms with E-state index in [9.17, 15) is 13.0 Å². The number of rotatable bonds is 21. The third kappa shape index (κ3) is 14.7. The molecule has 0 atom stereocenters. The number of hydrogen-bond acceptors (Lipinski definition) is 4. The molecule has 6 heteroatoms. The summed E-state index contributed by atoms with van der Waals surface area (Å²) in [6, 6.07) is 12.9. The van der Waals surface area contributed by atoms with Crippen molar-refractivity contribution in [1.29, 1.82) is 0 Å². The van der Waals surface area contributed by atoms with Crippen LogP contribution in [0.4, 0.5) is 5.69 Å². The van der Waals surface area contributed by atoms with Crippen molar-refractivity contribution in [3.63, 3.8) is 0 Å². The Balaban J connectivity index is 1.89. The van der Waals surface area contributed by atoms with Crippen molar-refractivity contribution in [2.75, 3.05) is 23.7 Å². The molecule has 0 amide bonds. The molecule has 1 heterocycles. The van der Waals surface area contributed by atoms with Crippen LogP contribution in [0.15, 0.2) is 48.8 Å². The molecular weight excluding hydrogens is 492 g/mol. The molecule has 1 aromatic carbocycles. The van der Waals surface area contributed by atoms with E-state index < -0.39 is 10.1 Å². The van der Waals surface area contributed by atoms with Crippen LogP contribution in [0.5, 0.6) is 0 Å². The number of benzene rings is 1. The standard InChI is InChI=1S/C32H50N2O3S/c1-3-5-7-9-11-13-25-34(26-14-12-10-8-6-4-2)32-20-18-30(19-21-32)16-17-31-22-27-33(28-23-31)24-15-29-38(35,36)37/h16-23,27-28H,3-15,24-26,29H2,1-2H3. The van der Waals surface area contributed by atoms with Crippen molar-refractivity contribution in [2.24, 2.45) is 0 Å². The zero-order chi connectivity index (χ0) is 27.5. The van der Waals surface area contributed by atoms with Crippen LogP contribution >= 0.6 is 0 Å². The molecule has 0 unspecified atom stereocenters. The van der Waals surface area contributed by atoms with Crippen LogP contribution in [0.1, 0.15) is 108 Å². The fourth-order valence-corrected chi connectivity index (χ4v) is 5.16. The van der Waals surface area contributed by atoms with E-state index in [2.05, 4.69) is 55.2 Å². The van der Waals surface area contributed by atoms with Crippen molar-refractivity contribution in [1.82, 2.24) is 0 Å². The number of pyridine rings is 1. The number of anilines is 1. The van der Waals surface area contributed by atoms with Gasteiger partial charge in [-0.3, -0.25) is 0 Å². The lowest BCUT2D eigenvalue weighted by Crippen LogP contribution is -2.33. The predicted molar refractivity (Wildman–Crippen MR) is 160 cm³/mol. The lowest BCUT2D eigenvalue weighted by Gasteiger charge is -2.25. The van der Waals surface area contributed by atoms with Gasteiger partial charge in [-0.2, -0.15) is 0 Å². The second-order valence-corrected chi connectivity index (χ2v) is 12.0. The van der Waals surface area contributed by atoms with Crippen molar-refractivity contribution >= 4 is 28.0 Å². The highest BCUT2D eigenvalue weighted by atomic mass is 32.2. The fraction of sp³-hybridized carbons (Fsp3) is 0.594. The van der Waals surface area contributed by atoms with Crippen molar-refractivity contribution < 1.29 is 17.5 Å². The molecule has 0 aliphatic heterocycles. The van der Waals surface area contributed by atoms with Gasteiger partial charge in [0.2, 0.25) is 0 Å². The van der Waals surface area contributed by atoms with E-state index in [0.717, 1.165) is 18.7 Å². The van der Waals surface area contributed by atoms with E-state index in [1.54, 1.807) is 0 Å². The Hall–Kier alpha value is -2.18. The van der Waals surface area contributed by atoms with Gasteiger partial charge in [-0.05, 0) is 36.1 Å². The summed E-state index contributed by atoms with van der Waals surface area (Å²) in [5, 5.41) is 0. The van der Waals surface area contributed by atoms with Crippen molar-refractivity contribution in [3.8, 4) is 0 Å².